The van der Waals surface area contributed by atoms with Gasteiger partial charge >= 0.3 is 0 Å². The molecule has 6 nitrogen and oxygen atoms in total. The Balaban J connectivity index is 1.49. The summed E-state index contributed by atoms with van der Waals surface area (Å²) in [5.41, 5.74) is 10.1. The number of imidazole rings is 1. The summed E-state index contributed by atoms with van der Waals surface area (Å²) in [5, 5.41) is 3.34. The van der Waals surface area contributed by atoms with Crippen molar-refractivity contribution in [3.63, 3.8) is 0 Å². The Hall–Kier alpha value is -3.38. The van der Waals surface area contributed by atoms with Crippen molar-refractivity contribution in [2.45, 2.75) is 31.4 Å². The Labute approximate surface area is 175 Å². The number of ether oxygens (including phenoxy) is 1. The largest absolute Gasteiger partial charge is 0.489 e. The Morgan fingerprint density at radius 1 is 1.13 bits per heavy atom. The van der Waals surface area contributed by atoms with Crippen LogP contribution in [0.5, 0.6) is 5.75 Å². The van der Waals surface area contributed by atoms with Crippen LogP contribution in [0.2, 0.25) is 0 Å². The predicted octanol–water partition coefficient (Wildman–Crippen LogP) is 4.02. The highest BCUT2D eigenvalue weighted by Crippen LogP contribution is 2.39. The third-order valence-electron chi connectivity index (χ3n) is 5.88. The molecule has 0 atom stereocenters. The number of benzene rings is 2. The molecular weight excluding hydrogens is 374 g/mol. The first kappa shape index (κ1) is 18.6. The van der Waals surface area contributed by atoms with Crippen molar-refractivity contribution in [1.82, 2.24) is 19.7 Å². The van der Waals surface area contributed by atoms with E-state index in [4.69, 9.17) is 15.5 Å². The first-order valence-corrected chi connectivity index (χ1v) is 10.3. The van der Waals surface area contributed by atoms with Gasteiger partial charge in [0, 0.05) is 29.9 Å². The molecule has 3 N–H and O–H groups in total. The molecule has 2 aromatic heterocycles. The maximum absolute atomic E-state index is 6.28. The number of fused-ring (bicyclic) bond motifs is 1. The maximum atomic E-state index is 6.28. The van der Waals surface area contributed by atoms with Gasteiger partial charge in [-0.2, -0.15) is 0 Å². The number of nitrogens with two attached hydrogens (primary N) is 1. The van der Waals surface area contributed by atoms with Crippen molar-refractivity contribution in [1.29, 1.82) is 0 Å². The van der Waals surface area contributed by atoms with Gasteiger partial charge in [0.1, 0.15) is 35.2 Å². The number of hydrogen-bond acceptors (Lipinski definition) is 5. The van der Waals surface area contributed by atoms with E-state index in [-0.39, 0.29) is 0 Å². The van der Waals surface area contributed by atoms with Crippen molar-refractivity contribution >= 4 is 11.3 Å². The van der Waals surface area contributed by atoms with Crippen molar-refractivity contribution in [2.24, 2.45) is 0 Å². The molecule has 1 aliphatic carbocycles. The van der Waals surface area contributed by atoms with Gasteiger partial charge in [0.15, 0.2) is 0 Å². The number of nitrogen functional groups attached to an aromatic ring is 1. The van der Waals surface area contributed by atoms with Crippen LogP contribution < -0.4 is 15.8 Å². The summed E-state index contributed by atoms with van der Waals surface area (Å²) >= 11 is 0. The summed E-state index contributed by atoms with van der Waals surface area (Å²) in [4.78, 5) is 9.34. The lowest BCUT2D eigenvalue weighted by Crippen LogP contribution is -2.38. The lowest BCUT2D eigenvalue weighted by Gasteiger charge is -2.34. The SMILES string of the molecule is CNC1CC(c2nc(-c3cccc(OCc4ccccc4)c3)c3c(N)nccn23)C1. The quantitative estimate of drug-likeness (QED) is 0.512. The van der Waals surface area contributed by atoms with Crippen molar-refractivity contribution in [2.75, 3.05) is 12.8 Å². The number of aromatic nitrogens is 3. The van der Waals surface area contributed by atoms with Crippen LogP contribution in [-0.2, 0) is 6.61 Å². The zero-order chi connectivity index (χ0) is 20.5. The molecule has 6 heteroatoms. The maximum Gasteiger partial charge on any atom is 0.150 e. The average Bonchev–Trinajstić information content (AvgIpc) is 3.13. The summed E-state index contributed by atoms with van der Waals surface area (Å²) in [5.74, 6) is 2.77. The minimum absolute atomic E-state index is 0.419. The lowest BCUT2D eigenvalue weighted by molar-refractivity contribution is 0.296. The molecule has 0 radical (unpaired) electrons. The van der Waals surface area contributed by atoms with Gasteiger partial charge in [-0.3, -0.25) is 4.40 Å². The molecule has 2 aromatic carbocycles. The van der Waals surface area contributed by atoms with Gasteiger partial charge in [0.25, 0.3) is 0 Å². The molecule has 0 bridgehead atoms. The summed E-state index contributed by atoms with van der Waals surface area (Å²) < 4.78 is 8.12. The Kier molecular flexibility index (Phi) is 4.85. The molecule has 4 aromatic rings. The molecule has 152 valence electrons. The van der Waals surface area contributed by atoms with E-state index in [1.165, 1.54) is 0 Å². The molecule has 0 saturated heterocycles. The van der Waals surface area contributed by atoms with Gasteiger partial charge < -0.3 is 15.8 Å². The molecule has 0 aliphatic heterocycles. The number of nitrogens with zero attached hydrogens (tertiary/aromatic N) is 3. The van der Waals surface area contributed by atoms with Gasteiger partial charge in [-0.05, 0) is 37.6 Å². The smallest absolute Gasteiger partial charge is 0.150 e. The van der Waals surface area contributed by atoms with E-state index in [1.807, 2.05) is 55.7 Å². The molecular formula is C24H25N5O. The molecule has 0 amide bonds. The van der Waals surface area contributed by atoms with Gasteiger partial charge in [0.2, 0.25) is 0 Å². The highest BCUT2D eigenvalue weighted by atomic mass is 16.5. The fourth-order valence-corrected chi connectivity index (χ4v) is 4.11. The van der Waals surface area contributed by atoms with E-state index < -0.39 is 0 Å². The minimum atomic E-state index is 0.419. The second-order valence-corrected chi connectivity index (χ2v) is 7.81. The first-order chi connectivity index (χ1) is 14.7. The van der Waals surface area contributed by atoms with Gasteiger partial charge in [-0.25, -0.2) is 9.97 Å². The molecule has 1 saturated carbocycles. The van der Waals surface area contributed by atoms with Crippen LogP contribution in [-0.4, -0.2) is 27.5 Å². The second-order valence-electron chi connectivity index (χ2n) is 7.81. The second kappa shape index (κ2) is 7.80. The van der Waals surface area contributed by atoms with Crippen LogP contribution >= 0.6 is 0 Å². The van der Waals surface area contributed by atoms with E-state index in [9.17, 15) is 0 Å². The van der Waals surface area contributed by atoms with Gasteiger partial charge in [-0.15, -0.1) is 0 Å². The number of nitrogens with one attached hydrogen (secondary N) is 1. The molecule has 0 spiro atoms. The highest BCUT2D eigenvalue weighted by Gasteiger charge is 2.33. The highest BCUT2D eigenvalue weighted by molar-refractivity contribution is 5.85. The number of anilines is 1. The fraction of sp³-hybridized carbons (Fsp3) is 0.250. The lowest BCUT2D eigenvalue weighted by atomic mass is 9.80. The predicted molar refractivity (Wildman–Crippen MR) is 118 cm³/mol. The molecule has 1 aliphatic rings. The van der Waals surface area contributed by atoms with E-state index in [0.29, 0.717) is 24.4 Å². The van der Waals surface area contributed by atoms with E-state index in [0.717, 1.165) is 46.8 Å². The Morgan fingerprint density at radius 2 is 1.97 bits per heavy atom. The van der Waals surface area contributed by atoms with Crippen LogP contribution in [0.3, 0.4) is 0 Å². The fourth-order valence-electron chi connectivity index (χ4n) is 4.11. The van der Waals surface area contributed by atoms with E-state index >= 15 is 0 Å². The molecule has 2 heterocycles. The zero-order valence-corrected chi connectivity index (χ0v) is 17.0. The Bertz CT molecular complexity index is 1160. The molecule has 5 rings (SSSR count). The van der Waals surface area contributed by atoms with Crippen molar-refractivity contribution in [3.05, 3.63) is 78.4 Å². The normalized spacial score (nSPS) is 18.3. The van der Waals surface area contributed by atoms with Gasteiger partial charge in [-0.1, -0.05) is 42.5 Å². The van der Waals surface area contributed by atoms with Crippen molar-refractivity contribution < 1.29 is 4.74 Å². The average molecular weight is 399 g/mol. The van der Waals surface area contributed by atoms with Crippen LogP contribution in [0, 0.1) is 0 Å². The van der Waals surface area contributed by atoms with Crippen molar-refractivity contribution in [3.8, 4) is 17.0 Å². The summed E-state index contributed by atoms with van der Waals surface area (Å²) in [6.45, 7) is 0.524. The van der Waals surface area contributed by atoms with Crippen LogP contribution in [0.1, 0.15) is 30.1 Å². The van der Waals surface area contributed by atoms with E-state index in [1.54, 1.807) is 6.20 Å². The van der Waals surface area contributed by atoms with E-state index in [2.05, 4.69) is 26.8 Å². The van der Waals surface area contributed by atoms with Crippen LogP contribution in [0.4, 0.5) is 5.82 Å². The van der Waals surface area contributed by atoms with Crippen LogP contribution in [0.25, 0.3) is 16.8 Å². The number of rotatable bonds is 6. The molecule has 30 heavy (non-hydrogen) atoms. The Morgan fingerprint density at radius 3 is 2.77 bits per heavy atom. The summed E-state index contributed by atoms with van der Waals surface area (Å²) in [6.07, 6.45) is 5.86. The topological polar surface area (TPSA) is 77.5 Å². The summed E-state index contributed by atoms with van der Waals surface area (Å²) in [7, 11) is 2.01. The standard InChI is InChI=1S/C24H25N5O/c1-26-19-12-18(13-19)24-28-21(22-23(25)27-10-11-29(22)24)17-8-5-9-20(14-17)30-15-16-6-3-2-4-7-16/h2-11,14,18-19,26H,12-13,15H2,1H3,(H2,25,27). The molecule has 1 fully saturated rings. The third kappa shape index (κ3) is 3.39. The summed E-state index contributed by atoms with van der Waals surface area (Å²) in [6, 6.07) is 18.7. The van der Waals surface area contributed by atoms with Crippen LogP contribution in [0.15, 0.2) is 67.0 Å². The third-order valence-corrected chi connectivity index (χ3v) is 5.88. The first-order valence-electron chi connectivity index (χ1n) is 10.3. The number of hydrogen-bond donors (Lipinski definition) is 2. The minimum Gasteiger partial charge on any atom is -0.489 e. The van der Waals surface area contributed by atoms with Gasteiger partial charge in [0.05, 0.1) is 0 Å². The monoisotopic (exact) mass is 399 g/mol. The zero-order valence-electron chi connectivity index (χ0n) is 17.0. The molecule has 0 unspecified atom stereocenters.